The monoisotopic (exact) mass is 402 g/mol. The number of fused-ring (bicyclic) bond motifs is 2. The quantitative estimate of drug-likeness (QED) is 0.423. The molecular weight excluding hydrogens is 387 g/mol. The maximum absolute atomic E-state index is 15.6. The van der Waals surface area contributed by atoms with Crippen LogP contribution in [0.15, 0.2) is 43.0 Å². The molecule has 0 spiro atoms. The Bertz CT molecular complexity index is 1370. The summed E-state index contributed by atoms with van der Waals surface area (Å²) in [5.41, 5.74) is 3.00. The van der Waals surface area contributed by atoms with E-state index in [1.165, 1.54) is 18.6 Å². The molecule has 3 N–H and O–H groups in total. The normalized spacial score (nSPS) is 11.3. The van der Waals surface area contributed by atoms with Crippen LogP contribution in [0.4, 0.5) is 10.1 Å². The summed E-state index contributed by atoms with van der Waals surface area (Å²) in [6.45, 7) is 1.75. The Kier molecular flexibility index (Phi) is 4.16. The topological polar surface area (TPSA) is 125 Å². The summed E-state index contributed by atoms with van der Waals surface area (Å²) in [7, 11) is 0. The lowest BCUT2D eigenvalue weighted by Gasteiger charge is -2.07. The molecule has 1 amide bonds. The fraction of sp³-hybridized carbons (Fsp3) is 0.100. The number of carbonyl (C=O) groups is 1. The van der Waals surface area contributed by atoms with E-state index in [-0.39, 0.29) is 17.0 Å². The molecule has 0 radical (unpaired) electrons. The van der Waals surface area contributed by atoms with Crippen molar-refractivity contribution in [2.24, 2.45) is 0 Å². The number of aromatic amines is 2. The second-order valence-electron chi connectivity index (χ2n) is 6.61. The second kappa shape index (κ2) is 6.99. The molecule has 0 aliphatic carbocycles. The molecule has 5 aromatic heterocycles. The minimum absolute atomic E-state index is 0.0967. The highest BCUT2D eigenvalue weighted by molar-refractivity contribution is 5.95. The molecule has 5 rings (SSSR count). The highest BCUT2D eigenvalue weighted by atomic mass is 19.1. The first-order chi connectivity index (χ1) is 14.6. The van der Waals surface area contributed by atoms with Crippen molar-refractivity contribution < 1.29 is 9.18 Å². The van der Waals surface area contributed by atoms with Gasteiger partial charge in [-0.3, -0.25) is 19.9 Å². The van der Waals surface area contributed by atoms with Crippen LogP contribution in [0.2, 0.25) is 0 Å². The van der Waals surface area contributed by atoms with Crippen molar-refractivity contribution in [3.63, 3.8) is 0 Å². The molecular formula is C20H15FN8O. The van der Waals surface area contributed by atoms with Gasteiger partial charge in [-0.2, -0.15) is 5.10 Å². The maximum atomic E-state index is 15.6. The Morgan fingerprint density at radius 2 is 2.07 bits per heavy atom. The number of rotatable bonds is 4. The van der Waals surface area contributed by atoms with Crippen molar-refractivity contribution in [3.05, 3.63) is 48.8 Å². The predicted molar refractivity (Wildman–Crippen MR) is 109 cm³/mol. The molecule has 30 heavy (non-hydrogen) atoms. The van der Waals surface area contributed by atoms with Gasteiger partial charge in [0.25, 0.3) is 0 Å². The summed E-state index contributed by atoms with van der Waals surface area (Å²) in [6, 6.07) is 5.24. The smallest absolute Gasteiger partial charge is 0.224 e. The molecule has 0 atom stereocenters. The molecule has 9 nitrogen and oxygen atoms in total. The molecule has 5 heterocycles. The third-order valence-corrected chi connectivity index (χ3v) is 4.64. The van der Waals surface area contributed by atoms with Crippen LogP contribution in [-0.4, -0.2) is 41.0 Å². The van der Waals surface area contributed by atoms with E-state index in [9.17, 15) is 4.79 Å². The summed E-state index contributed by atoms with van der Waals surface area (Å²) in [4.78, 5) is 31.7. The zero-order chi connectivity index (χ0) is 20.7. The van der Waals surface area contributed by atoms with Gasteiger partial charge in [-0.1, -0.05) is 6.92 Å². The molecule has 0 unspecified atom stereocenters. The standard InChI is InChI=1S/C20H15FN8O/c1-2-14(30)25-11-6-10(7-22-8-11)17-16(21)15-13(9-24-17)28-29-18(15)20-26-12-4-3-5-23-19(12)27-20/h3-9H,2H2,1H3,(H,25,30)(H,28,29)(H,23,26,27). The summed E-state index contributed by atoms with van der Waals surface area (Å²) in [5, 5.41) is 9.98. The SMILES string of the molecule is CCC(=O)Nc1cncc(-c2ncc3[nH]nc(-c4nc5ncccc5[nH]4)c3c2F)c1. The van der Waals surface area contributed by atoms with Crippen LogP contribution in [-0.2, 0) is 4.79 Å². The van der Waals surface area contributed by atoms with Crippen LogP contribution in [0.3, 0.4) is 0 Å². The number of H-pyrrole nitrogens is 2. The van der Waals surface area contributed by atoms with E-state index < -0.39 is 5.82 Å². The third-order valence-electron chi connectivity index (χ3n) is 4.64. The van der Waals surface area contributed by atoms with E-state index in [1.807, 2.05) is 6.07 Å². The van der Waals surface area contributed by atoms with Gasteiger partial charge in [-0.15, -0.1) is 0 Å². The van der Waals surface area contributed by atoms with Gasteiger partial charge in [-0.25, -0.2) is 14.4 Å². The average molecular weight is 402 g/mol. The Hall–Kier alpha value is -4.21. The van der Waals surface area contributed by atoms with Crippen LogP contribution in [0, 0.1) is 5.82 Å². The number of amides is 1. The number of imidazole rings is 1. The van der Waals surface area contributed by atoms with Gasteiger partial charge in [0.05, 0.1) is 34.5 Å². The van der Waals surface area contributed by atoms with E-state index >= 15 is 4.39 Å². The van der Waals surface area contributed by atoms with Crippen LogP contribution in [0.1, 0.15) is 13.3 Å². The second-order valence-corrected chi connectivity index (χ2v) is 6.61. The lowest BCUT2D eigenvalue weighted by Crippen LogP contribution is -2.09. The maximum Gasteiger partial charge on any atom is 0.224 e. The van der Waals surface area contributed by atoms with E-state index in [0.29, 0.717) is 40.4 Å². The highest BCUT2D eigenvalue weighted by Gasteiger charge is 2.20. The third kappa shape index (κ3) is 2.94. The van der Waals surface area contributed by atoms with Crippen molar-refractivity contribution in [2.75, 3.05) is 5.32 Å². The minimum Gasteiger partial charge on any atom is -0.335 e. The van der Waals surface area contributed by atoms with Gasteiger partial charge >= 0.3 is 0 Å². The van der Waals surface area contributed by atoms with Crippen molar-refractivity contribution in [1.82, 2.24) is 35.1 Å². The fourth-order valence-electron chi connectivity index (χ4n) is 3.19. The van der Waals surface area contributed by atoms with Crippen molar-refractivity contribution >= 4 is 33.7 Å². The summed E-state index contributed by atoms with van der Waals surface area (Å²) >= 11 is 0. The fourth-order valence-corrected chi connectivity index (χ4v) is 3.19. The van der Waals surface area contributed by atoms with Gasteiger partial charge < -0.3 is 10.3 Å². The number of anilines is 1. The molecule has 0 bridgehead atoms. The molecule has 0 fully saturated rings. The largest absolute Gasteiger partial charge is 0.335 e. The number of hydrogen-bond donors (Lipinski definition) is 3. The van der Waals surface area contributed by atoms with Crippen LogP contribution in [0.25, 0.3) is 44.8 Å². The number of nitrogens with zero attached hydrogens (tertiary/aromatic N) is 5. The van der Waals surface area contributed by atoms with E-state index in [4.69, 9.17) is 0 Å². The van der Waals surface area contributed by atoms with Gasteiger partial charge in [0.1, 0.15) is 11.4 Å². The average Bonchev–Trinajstić information content (AvgIpc) is 3.38. The predicted octanol–water partition coefficient (Wildman–Crippen LogP) is 3.45. The lowest BCUT2D eigenvalue weighted by molar-refractivity contribution is -0.115. The van der Waals surface area contributed by atoms with Crippen molar-refractivity contribution in [3.8, 4) is 22.8 Å². The van der Waals surface area contributed by atoms with Crippen molar-refractivity contribution in [1.29, 1.82) is 0 Å². The Morgan fingerprint density at radius 3 is 2.90 bits per heavy atom. The first-order valence-electron chi connectivity index (χ1n) is 9.23. The molecule has 10 heteroatoms. The Morgan fingerprint density at radius 1 is 1.17 bits per heavy atom. The molecule has 0 saturated carbocycles. The van der Waals surface area contributed by atoms with Gasteiger partial charge in [0.15, 0.2) is 17.3 Å². The minimum atomic E-state index is -0.564. The summed E-state index contributed by atoms with van der Waals surface area (Å²) in [6.07, 6.45) is 6.45. The number of carbonyl (C=O) groups excluding carboxylic acids is 1. The van der Waals surface area contributed by atoms with Gasteiger partial charge in [-0.05, 0) is 18.2 Å². The molecule has 0 aliphatic rings. The highest BCUT2D eigenvalue weighted by Crippen LogP contribution is 2.32. The van der Waals surface area contributed by atoms with E-state index in [1.54, 1.807) is 25.3 Å². The summed E-state index contributed by atoms with van der Waals surface area (Å²) < 4.78 is 15.6. The van der Waals surface area contributed by atoms with Gasteiger partial charge in [0.2, 0.25) is 5.91 Å². The molecule has 0 aromatic carbocycles. The van der Waals surface area contributed by atoms with Crippen LogP contribution in [0.5, 0.6) is 0 Å². The first kappa shape index (κ1) is 17.9. The number of nitrogens with one attached hydrogen (secondary N) is 3. The first-order valence-corrected chi connectivity index (χ1v) is 9.23. The molecule has 0 aliphatic heterocycles. The van der Waals surface area contributed by atoms with Gasteiger partial charge in [0, 0.05) is 24.4 Å². The van der Waals surface area contributed by atoms with Crippen molar-refractivity contribution in [2.45, 2.75) is 13.3 Å². The number of hydrogen-bond acceptors (Lipinski definition) is 6. The van der Waals surface area contributed by atoms with Crippen LogP contribution < -0.4 is 5.32 Å². The Labute approximate surface area is 168 Å². The lowest BCUT2D eigenvalue weighted by atomic mass is 10.1. The number of aromatic nitrogens is 7. The van der Waals surface area contributed by atoms with E-state index in [2.05, 4.69) is 40.4 Å². The van der Waals surface area contributed by atoms with E-state index in [0.717, 1.165) is 5.52 Å². The zero-order valence-electron chi connectivity index (χ0n) is 15.8. The number of pyridine rings is 3. The number of halogens is 1. The Balaban J connectivity index is 1.63. The van der Waals surface area contributed by atoms with Crippen LogP contribution >= 0.6 is 0 Å². The summed E-state index contributed by atoms with van der Waals surface area (Å²) in [5.74, 6) is -0.327. The molecule has 5 aromatic rings. The molecule has 148 valence electrons. The molecule has 0 saturated heterocycles. The zero-order valence-corrected chi connectivity index (χ0v) is 15.8.